The van der Waals surface area contributed by atoms with Gasteiger partial charge in [-0.1, -0.05) is 19.3 Å². The van der Waals surface area contributed by atoms with Gasteiger partial charge < -0.3 is 10.2 Å². The normalized spacial score (nSPS) is 18.4. The zero-order chi connectivity index (χ0) is 15.5. The summed E-state index contributed by atoms with van der Waals surface area (Å²) in [6.45, 7) is 2.67. The first kappa shape index (κ1) is 15.1. The van der Waals surface area contributed by atoms with Gasteiger partial charge >= 0.3 is 0 Å². The molecule has 1 N–H and O–H groups in total. The van der Waals surface area contributed by atoms with E-state index in [9.17, 15) is 9.59 Å². The van der Waals surface area contributed by atoms with Crippen LogP contribution in [0.25, 0.3) is 0 Å². The van der Waals surface area contributed by atoms with Crippen LogP contribution < -0.4 is 10.2 Å². The summed E-state index contributed by atoms with van der Waals surface area (Å²) >= 11 is 0. The van der Waals surface area contributed by atoms with Crippen molar-refractivity contribution in [2.45, 2.75) is 51.9 Å². The molecule has 1 aromatic carbocycles. The highest BCUT2D eigenvalue weighted by Gasteiger charge is 2.26. The summed E-state index contributed by atoms with van der Waals surface area (Å²) in [4.78, 5) is 25.9. The molecule has 118 valence electrons. The largest absolute Gasteiger partial charge is 0.326 e. The molecule has 0 unspecified atom stereocenters. The number of benzene rings is 1. The van der Waals surface area contributed by atoms with Crippen molar-refractivity contribution in [1.82, 2.24) is 0 Å². The fraction of sp³-hybridized carbons (Fsp3) is 0.556. The van der Waals surface area contributed by atoms with Crippen LogP contribution in [-0.2, 0) is 16.0 Å². The lowest BCUT2D eigenvalue weighted by molar-refractivity contribution is -0.118. The number of hydrogen-bond donors (Lipinski definition) is 1. The van der Waals surface area contributed by atoms with E-state index >= 15 is 0 Å². The van der Waals surface area contributed by atoms with E-state index in [2.05, 4.69) is 5.32 Å². The number of amides is 2. The van der Waals surface area contributed by atoms with Crippen LogP contribution in [-0.4, -0.2) is 18.4 Å². The number of rotatable bonds is 4. The lowest BCUT2D eigenvalue weighted by Gasteiger charge is -2.21. The summed E-state index contributed by atoms with van der Waals surface area (Å²) in [5.41, 5.74) is 2.81. The van der Waals surface area contributed by atoms with Crippen LogP contribution in [0.5, 0.6) is 0 Å². The molecule has 0 radical (unpaired) electrons. The number of likely N-dealkylation sites (N-methyl/N-ethyl adjacent to an activating group) is 1. The van der Waals surface area contributed by atoms with E-state index in [0.29, 0.717) is 25.3 Å². The molecule has 1 aliphatic heterocycles. The summed E-state index contributed by atoms with van der Waals surface area (Å²) < 4.78 is 0. The Morgan fingerprint density at radius 1 is 1.27 bits per heavy atom. The zero-order valence-electron chi connectivity index (χ0n) is 13.2. The molecular weight excluding hydrogens is 276 g/mol. The molecule has 2 amide bonds. The molecule has 0 saturated heterocycles. The molecule has 0 spiro atoms. The number of carbonyl (C=O) groups excluding carboxylic acids is 2. The Kier molecular flexibility index (Phi) is 4.46. The van der Waals surface area contributed by atoms with Gasteiger partial charge in [-0.15, -0.1) is 0 Å². The van der Waals surface area contributed by atoms with E-state index < -0.39 is 0 Å². The van der Waals surface area contributed by atoms with Crippen LogP contribution in [0.15, 0.2) is 18.2 Å². The average molecular weight is 300 g/mol. The number of anilines is 2. The highest BCUT2D eigenvalue weighted by Crippen LogP contribution is 2.31. The summed E-state index contributed by atoms with van der Waals surface area (Å²) in [6, 6.07) is 5.79. The predicted octanol–water partition coefficient (Wildman–Crippen LogP) is 3.50. The lowest BCUT2D eigenvalue weighted by Crippen LogP contribution is -2.25. The number of fused-ring (bicyclic) bond motifs is 1. The molecule has 0 aromatic heterocycles. The lowest BCUT2D eigenvalue weighted by atomic mass is 9.87. The molecule has 0 bridgehead atoms. The SMILES string of the molecule is CCN1C(=O)Cc2cc(NC(=O)CC3CCCCC3)ccc21. The number of nitrogens with one attached hydrogen (secondary N) is 1. The van der Waals surface area contributed by atoms with Crippen molar-refractivity contribution >= 4 is 23.2 Å². The van der Waals surface area contributed by atoms with Crippen LogP contribution >= 0.6 is 0 Å². The third kappa shape index (κ3) is 3.16. The van der Waals surface area contributed by atoms with Crippen molar-refractivity contribution in [3.63, 3.8) is 0 Å². The minimum atomic E-state index is 0.100. The first-order valence-corrected chi connectivity index (χ1v) is 8.40. The van der Waals surface area contributed by atoms with Crippen LogP contribution in [0.1, 0.15) is 51.0 Å². The van der Waals surface area contributed by atoms with Gasteiger partial charge in [0.1, 0.15) is 0 Å². The van der Waals surface area contributed by atoms with E-state index in [1.807, 2.05) is 25.1 Å². The quantitative estimate of drug-likeness (QED) is 0.925. The highest BCUT2D eigenvalue weighted by atomic mass is 16.2. The van der Waals surface area contributed by atoms with Crippen LogP contribution in [0, 0.1) is 5.92 Å². The molecule has 1 fully saturated rings. The fourth-order valence-electron chi connectivity index (χ4n) is 3.67. The van der Waals surface area contributed by atoms with Gasteiger partial charge in [-0.3, -0.25) is 9.59 Å². The molecule has 1 aromatic rings. The van der Waals surface area contributed by atoms with Crippen molar-refractivity contribution in [3.8, 4) is 0 Å². The van der Waals surface area contributed by atoms with Crippen molar-refractivity contribution < 1.29 is 9.59 Å². The fourth-order valence-corrected chi connectivity index (χ4v) is 3.67. The molecule has 1 saturated carbocycles. The molecule has 1 aliphatic carbocycles. The predicted molar refractivity (Wildman–Crippen MR) is 88.0 cm³/mol. The minimum absolute atomic E-state index is 0.100. The van der Waals surface area contributed by atoms with E-state index in [4.69, 9.17) is 0 Å². The van der Waals surface area contributed by atoms with Crippen LogP contribution in [0.4, 0.5) is 11.4 Å². The van der Waals surface area contributed by atoms with Gasteiger partial charge in [0, 0.05) is 24.3 Å². The average Bonchev–Trinajstić information content (AvgIpc) is 2.82. The summed E-state index contributed by atoms with van der Waals surface area (Å²) in [5.74, 6) is 0.784. The van der Waals surface area contributed by atoms with Gasteiger partial charge in [0.15, 0.2) is 0 Å². The van der Waals surface area contributed by atoms with E-state index in [1.54, 1.807) is 4.90 Å². The highest BCUT2D eigenvalue weighted by molar-refractivity contribution is 6.02. The molecule has 22 heavy (non-hydrogen) atoms. The second-order valence-corrected chi connectivity index (χ2v) is 6.41. The Morgan fingerprint density at radius 2 is 2.05 bits per heavy atom. The Balaban J connectivity index is 1.63. The Bertz CT molecular complexity index is 576. The molecular formula is C18H24N2O2. The first-order valence-electron chi connectivity index (χ1n) is 8.40. The standard InChI is InChI=1S/C18H24N2O2/c1-2-20-16-9-8-15(11-14(16)12-18(20)22)19-17(21)10-13-6-4-3-5-7-13/h8-9,11,13H,2-7,10,12H2,1H3,(H,19,21). The molecule has 2 aliphatic rings. The monoisotopic (exact) mass is 300 g/mol. The minimum Gasteiger partial charge on any atom is -0.326 e. The molecule has 4 nitrogen and oxygen atoms in total. The maximum Gasteiger partial charge on any atom is 0.231 e. The van der Waals surface area contributed by atoms with Gasteiger partial charge in [-0.05, 0) is 49.4 Å². The van der Waals surface area contributed by atoms with Gasteiger partial charge in [-0.2, -0.15) is 0 Å². The summed E-state index contributed by atoms with van der Waals surface area (Å²) in [7, 11) is 0. The van der Waals surface area contributed by atoms with E-state index in [1.165, 1.54) is 32.1 Å². The van der Waals surface area contributed by atoms with Gasteiger partial charge in [-0.25, -0.2) is 0 Å². The molecule has 1 heterocycles. The zero-order valence-corrected chi connectivity index (χ0v) is 13.2. The number of carbonyl (C=O) groups is 2. The summed E-state index contributed by atoms with van der Waals surface area (Å²) in [5, 5.41) is 3.00. The topological polar surface area (TPSA) is 49.4 Å². The Labute approximate surface area is 131 Å². The maximum atomic E-state index is 12.2. The molecule has 4 heteroatoms. The van der Waals surface area contributed by atoms with Crippen molar-refractivity contribution in [3.05, 3.63) is 23.8 Å². The third-order valence-electron chi connectivity index (χ3n) is 4.81. The van der Waals surface area contributed by atoms with Crippen molar-refractivity contribution in [2.24, 2.45) is 5.92 Å². The van der Waals surface area contributed by atoms with Gasteiger partial charge in [0.25, 0.3) is 0 Å². The Morgan fingerprint density at radius 3 is 2.77 bits per heavy atom. The smallest absolute Gasteiger partial charge is 0.231 e. The molecule has 0 atom stereocenters. The van der Waals surface area contributed by atoms with Crippen molar-refractivity contribution in [1.29, 1.82) is 0 Å². The Hall–Kier alpha value is -1.84. The maximum absolute atomic E-state index is 12.2. The van der Waals surface area contributed by atoms with Gasteiger partial charge in [0.2, 0.25) is 11.8 Å². The first-order chi connectivity index (χ1) is 10.7. The summed E-state index contributed by atoms with van der Waals surface area (Å²) in [6.07, 6.45) is 7.24. The second kappa shape index (κ2) is 6.51. The van der Waals surface area contributed by atoms with Crippen LogP contribution in [0.3, 0.4) is 0 Å². The van der Waals surface area contributed by atoms with E-state index in [0.717, 1.165) is 16.9 Å². The third-order valence-corrected chi connectivity index (χ3v) is 4.81. The number of hydrogen-bond acceptors (Lipinski definition) is 2. The number of nitrogens with zero attached hydrogens (tertiary/aromatic N) is 1. The van der Waals surface area contributed by atoms with Gasteiger partial charge in [0.05, 0.1) is 6.42 Å². The molecule has 3 rings (SSSR count). The van der Waals surface area contributed by atoms with Crippen molar-refractivity contribution in [2.75, 3.05) is 16.8 Å². The van der Waals surface area contributed by atoms with E-state index in [-0.39, 0.29) is 11.8 Å². The second-order valence-electron chi connectivity index (χ2n) is 6.41. The van der Waals surface area contributed by atoms with Crippen LogP contribution in [0.2, 0.25) is 0 Å².